The molecule has 0 aliphatic carbocycles. The first kappa shape index (κ1) is 19.1. The maximum Gasteiger partial charge on any atom is 0.416 e. The topological polar surface area (TPSA) is 64.8 Å². The highest BCUT2D eigenvalue weighted by Gasteiger charge is 2.30. The van der Waals surface area contributed by atoms with Crippen LogP contribution in [0.25, 0.3) is 11.3 Å². The number of alkyl halides is 3. The standard InChI is InChI=1S/C18H16F3N3O2S/c1-24-10-17(23-11-24)16-9-15(27(2,25)26)4-3-12(16)7-14-8-13(5-6-22-14)18(19,20)21/h3-6,8-11H,7H2,1-2H3. The van der Waals surface area contributed by atoms with Crippen LogP contribution in [0.15, 0.2) is 53.9 Å². The van der Waals surface area contributed by atoms with Gasteiger partial charge in [0.1, 0.15) is 0 Å². The summed E-state index contributed by atoms with van der Waals surface area (Å²) in [6, 6.07) is 6.41. The first-order valence-corrected chi connectivity index (χ1v) is 9.76. The Morgan fingerprint density at radius 2 is 1.85 bits per heavy atom. The zero-order valence-electron chi connectivity index (χ0n) is 14.5. The number of pyridine rings is 1. The molecule has 0 bridgehead atoms. The summed E-state index contributed by atoms with van der Waals surface area (Å²) < 4.78 is 64.3. The first-order chi connectivity index (χ1) is 12.5. The highest BCUT2D eigenvalue weighted by atomic mass is 32.2. The van der Waals surface area contributed by atoms with Gasteiger partial charge in [0, 0.05) is 43.4 Å². The molecule has 27 heavy (non-hydrogen) atoms. The lowest BCUT2D eigenvalue weighted by atomic mass is 10.00. The number of halogens is 3. The molecule has 0 saturated carbocycles. The highest BCUT2D eigenvalue weighted by molar-refractivity contribution is 7.90. The molecule has 0 amide bonds. The van der Waals surface area contributed by atoms with Crippen molar-refractivity contribution in [2.45, 2.75) is 17.5 Å². The smallest absolute Gasteiger partial charge is 0.340 e. The molecule has 2 aromatic heterocycles. The van der Waals surface area contributed by atoms with Gasteiger partial charge < -0.3 is 4.57 Å². The number of nitrogens with zero attached hydrogens (tertiary/aromatic N) is 3. The van der Waals surface area contributed by atoms with E-state index in [0.29, 0.717) is 16.8 Å². The summed E-state index contributed by atoms with van der Waals surface area (Å²) in [7, 11) is -1.67. The van der Waals surface area contributed by atoms with Crippen LogP contribution >= 0.6 is 0 Å². The van der Waals surface area contributed by atoms with Crippen LogP contribution in [0.1, 0.15) is 16.8 Å². The van der Waals surface area contributed by atoms with Crippen molar-refractivity contribution in [2.24, 2.45) is 7.05 Å². The van der Waals surface area contributed by atoms with E-state index in [0.717, 1.165) is 24.6 Å². The van der Waals surface area contributed by atoms with Crippen molar-refractivity contribution >= 4 is 9.84 Å². The van der Waals surface area contributed by atoms with E-state index in [1.807, 2.05) is 0 Å². The summed E-state index contributed by atoms with van der Waals surface area (Å²) in [4.78, 5) is 8.37. The summed E-state index contributed by atoms with van der Waals surface area (Å²) >= 11 is 0. The van der Waals surface area contributed by atoms with Gasteiger partial charge in [0.05, 0.1) is 22.5 Å². The molecule has 0 aliphatic rings. The van der Waals surface area contributed by atoms with Gasteiger partial charge >= 0.3 is 6.18 Å². The van der Waals surface area contributed by atoms with Gasteiger partial charge in [-0.3, -0.25) is 4.98 Å². The van der Waals surface area contributed by atoms with Crippen molar-refractivity contribution in [3.63, 3.8) is 0 Å². The SMILES string of the molecule is Cn1cnc(-c2cc(S(C)(=O)=O)ccc2Cc2cc(C(F)(F)F)ccn2)c1. The van der Waals surface area contributed by atoms with Crippen molar-refractivity contribution in [1.29, 1.82) is 0 Å². The number of aryl methyl sites for hydroxylation is 1. The zero-order chi connectivity index (χ0) is 19.8. The Bertz CT molecular complexity index is 1090. The van der Waals surface area contributed by atoms with Gasteiger partial charge in [0.2, 0.25) is 0 Å². The predicted molar refractivity (Wildman–Crippen MR) is 93.8 cm³/mol. The molecule has 0 spiro atoms. The lowest BCUT2D eigenvalue weighted by Gasteiger charge is -2.11. The minimum absolute atomic E-state index is 0.111. The fraction of sp³-hybridized carbons (Fsp3) is 0.222. The Balaban J connectivity index is 2.08. The molecule has 0 fully saturated rings. The van der Waals surface area contributed by atoms with Gasteiger partial charge in [-0.2, -0.15) is 13.2 Å². The van der Waals surface area contributed by atoms with Crippen molar-refractivity contribution in [3.05, 3.63) is 65.9 Å². The third-order valence-corrected chi connectivity index (χ3v) is 5.12. The Kier molecular flexibility index (Phi) is 4.81. The maximum absolute atomic E-state index is 12.9. The number of sulfone groups is 1. The van der Waals surface area contributed by atoms with Crippen LogP contribution in [-0.4, -0.2) is 29.2 Å². The average Bonchev–Trinajstić information content (AvgIpc) is 3.00. The molecule has 0 atom stereocenters. The summed E-state index contributed by atoms with van der Waals surface area (Å²) in [6.45, 7) is 0. The largest absolute Gasteiger partial charge is 0.416 e. The van der Waals surface area contributed by atoms with Gasteiger partial charge in [-0.1, -0.05) is 6.07 Å². The normalized spacial score (nSPS) is 12.3. The maximum atomic E-state index is 12.9. The molecule has 3 rings (SSSR count). The molecule has 9 heteroatoms. The van der Waals surface area contributed by atoms with Gasteiger partial charge in [-0.25, -0.2) is 13.4 Å². The van der Waals surface area contributed by atoms with E-state index in [2.05, 4.69) is 9.97 Å². The molecule has 0 saturated heterocycles. The van der Waals surface area contributed by atoms with Crippen LogP contribution < -0.4 is 0 Å². The third-order valence-electron chi connectivity index (χ3n) is 4.01. The Labute approximate surface area is 154 Å². The summed E-state index contributed by atoms with van der Waals surface area (Å²) in [6.07, 6.45) is 1.14. The van der Waals surface area contributed by atoms with E-state index in [9.17, 15) is 21.6 Å². The highest BCUT2D eigenvalue weighted by Crippen LogP contribution is 2.31. The Hall–Kier alpha value is -2.68. The number of hydrogen-bond donors (Lipinski definition) is 0. The van der Waals surface area contributed by atoms with Crippen molar-refractivity contribution in [1.82, 2.24) is 14.5 Å². The molecule has 1 aromatic carbocycles. The molecular formula is C18H16F3N3O2S. The number of hydrogen-bond acceptors (Lipinski definition) is 4. The summed E-state index contributed by atoms with van der Waals surface area (Å²) in [5.74, 6) is 0. The molecule has 0 unspecified atom stereocenters. The number of benzene rings is 1. The number of aromatic nitrogens is 3. The zero-order valence-corrected chi connectivity index (χ0v) is 15.3. The minimum Gasteiger partial charge on any atom is -0.340 e. The van der Waals surface area contributed by atoms with Gasteiger partial charge in [0.15, 0.2) is 9.84 Å². The lowest BCUT2D eigenvalue weighted by Crippen LogP contribution is -2.07. The van der Waals surface area contributed by atoms with E-state index in [-0.39, 0.29) is 17.0 Å². The van der Waals surface area contributed by atoms with Gasteiger partial charge in [-0.05, 0) is 29.8 Å². The molecule has 0 aliphatic heterocycles. The van der Waals surface area contributed by atoms with E-state index in [1.54, 1.807) is 30.2 Å². The second-order valence-electron chi connectivity index (χ2n) is 6.23. The van der Waals surface area contributed by atoms with Crippen LogP contribution in [0, 0.1) is 0 Å². The molecular weight excluding hydrogens is 379 g/mol. The van der Waals surface area contributed by atoms with Crippen LogP contribution in [-0.2, 0) is 29.5 Å². The van der Waals surface area contributed by atoms with Crippen LogP contribution in [0.3, 0.4) is 0 Å². The van der Waals surface area contributed by atoms with Crippen LogP contribution in [0.5, 0.6) is 0 Å². The van der Waals surface area contributed by atoms with E-state index in [1.165, 1.54) is 12.1 Å². The third kappa shape index (κ3) is 4.36. The second kappa shape index (κ2) is 6.80. The lowest BCUT2D eigenvalue weighted by molar-refractivity contribution is -0.137. The average molecular weight is 395 g/mol. The Morgan fingerprint density at radius 3 is 2.44 bits per heavy atom. The fourth-order valence-electron chi connectivity index (χ4n) is 2.68. The molecule has 3 aromatic rings. The molecule has 0 N–H and O–H groups in total. The molecule has 0 radical (unpaired) electrons. The summed E-state index contributed by atoms with van der Waals surface area (Å²) in [5, 5.41) is 0. The minimum atomic E-state index is -4.46. The van der Waals surface area contributed by atoms with Crippen molar-refractivity contribution < 1.29 is 21.6 Å². The quantitative estimate of drug-likeness (QED) is 0.678. The van der Waals surface area contributed by atoms with Crippen molar-refractivity contribution in [3.8, 4) is 11.3 Å². The predicted octanol–water partition coefficient (Wildman–Crippen LogP) is 3.50. The van der Waals surface area contributed by atoms with Crippen molar-refractivity contribution in [2.75, 3.05) is 6.26 Å². The molecule has 2 heterocycles. The number of rotatable bonds is 4. The monoisotopic (exact) mass is 395 g/mol. The van der Waals surface area contributed by atoms with Crippen LogP contribution in [0.2, 0.25) is 0 Å². The van der Waals surface area contributed by atoms with E-state index < -0.39 is 21.6 Å². The summed E-state index contributed by atoms with van der Waals surface area (Å²) in [5.41, 5.74) is 1.16. The number of imidazole rings is 1. The Morgan fingerprint density at radius 1 is 1.11 bits per heavy atom. The molecule has 142 valence electrons. The van der Waals surface area contributed by atoms with Crippen LogP contribution in [0.4, 0.5) is 13.2 Å². The second-order valence-corrected chi connectivity index (χ2v) is 8.24. The van der Waals surface area contributed by atoms with E-state index in [4.69, 9.17) is 0 Å². The van der Waals surface area contributed by atoms with Gasteiger partial charge in [0.25, 0.3) is 0 Å². The molecule has 5 nitrogen and oxygen atoms in total. The van der Waals surface area contributed by atoms with Gasteiger partial charge in [-0.15, -0.1) is 0 Å². The first-order valence-electron chi connectivity index (χ1n) is 7.87. The fourth-order valence-corrected chi connectivity index (χ4v) is 3.32. The van der Waals surface area contributed by atoms with E-state index >= 15 is 0 Å².